The number of amides is 2. The molecule has 1 fully saturated rings. The first-order valence-electron chi connectivity index (χ1n) is 12.2. The molecule has 5 rings (SSSR count). The van der Waals surface area contributed by atoms with Crippen LogP contribution in [0.3, 0.4) is 0 Å². The van der Waals surface area contributed by atoms with Crippen molar-refractivity contribution in [2.45, 2.75) is 57.3 Å². The fourth-order valence-electron chi connectivity index (χ4n) is 4.31. The lowest BCUT2D eigenvalue weighted by molar-refractivity contribution is -0.116. The lowest BCUT2D eigenvalue weighted by Crippen LogP contribution is -2.15. The van der Waals surface area contributed by atoms with Crippen molar-refractivity contribution in [2.75, 3.05) is 10.6 Å². The van der Waals surface area contributed by atoms with Crippen molar-refractivity contribution >= 4 is 44.8 Å². The molecule has 4 aromatic heterocycles. The molecular weight excluding hydrogens is 527 g/mol. The van der Waals surface area contributed by atoms with Gasteiger partial charge in [0.05, 0.1) is 19.0 Å². The number of anilines is 2. The zero-order valence-electron chi connectivity index (χ0n) is 20.6. The number of carbonyl (C=O) groups is 2. The maximum Gasteiger partial charge on any atom is 0.232 e. The maximum atomic E-state index is 13.0. The van der Waals surface area contributed by atoms with Crippen molar-refractivity contribution in [3.8, 4) is 0 Å². The summed E-state index contributed by atoms with van der Waals surface area (Å²) >= 11 is 2.76. The lowest BCUT2D eigenvalue weighted by Gasteiger charge is -2.25. The number of rotatable bonds is 8. The van der Waals surface area contributed by atoms with Crippen molar-refractivity contribution < 1.29 is 14.0 Å². The van der Waals surface area contributed by atoms with Crippen molar-refractivity contribution in [1.82, 2.24) is 30.4 Å². The summed E-state index contributed by atoms with van der Waals surface area (Å²) in [5, 5.41) is 25.2. The van der Waals surface area contributed by atoms with E-state index in [1.165, 1.54) is 34.8 Å². The van der Waals surface area contributed by atoms with Gasteiger partial charge in [-0.15, -0.1) is 20.4 Å². The molecule has 4 heterocycles. The van der Waals surface area contributed by atoms with Gasteiger partial charge in [0, 0.05) is 29.4 Å². The molecule has 38 heavy (non-hydrogen) atoms. The molecule has 4 aromatic rings. The number of hydrogen-bond donors (Lipinski definition) is 2. The van der Waals surface area contributed by atoms with Crippen LogP contribution in [0.2, 0.25) is 0 Å². The largest absolute Gasteiger partial charge is 0.300 e. The van der Waals surface area contributed by atoms with Crippen molar-refractivity contribution in [1.29, 1.82) is 0 Å². The molecule has 0 bridgehead atoms. The average molecular weight is 553 g/mol. The Balaban J connectivity index is 1.14. The van der Waals surface area contributed by atoms with E-state index in [0.717, 1.165) is 47.5 Å². The Hall–Kier alpha value is -3.71. The predicted octanol–water partition coefficient (Wildman–Crippen LogP) is 4.43. The van der Waals surface area contributed by atoms with Gasteiger partial charge in [0.25, 0.3) is 0 Å². The summed E-state index contributed by atoms with van der Waals surface area (Å²) < 4.78 is 13.0. The van der Waals surface area contributed by atoms with E-state index in [0.29, 0.717) is 21.7 Å². The van der Waals surface area contributed by atoms with Crippen molar-refractivity contribution in [3.05, 3.63) is 69.4 Å². The van der Waals surface area contributed by atoms with E-state index in [4.69, 9.17) is 0 Å². The summed E-state index contributed by atoms with van der Waals surface area (Å²) in [5.74, 6) is -0.495. The van der Waals surface area contributed by atoms with E-state index in [9.17, 15) is 14.0 Å². The second-order valence-corrected chi connectivity index (χ2v) is 11.2. The molecule has 0 radical (unpaired) electrons. The molecule has 0 spiro atoms. The van der Waals surface area contributed by atoms with Gasteiger partial charge in [0.15, 0.2) is 0 Å². The summed E-state index contributed by atoms with van der Waals surface area (Å²) in [7, 11) is 0. The minimum absolute atomic E-state index is 0.0259. The quantitative estimate of drug-likeness (QED) is 0.328. The molecule has 1 aliphatic carbocycles. The summed E-state index contributed by atoms with van der Waals surface area (Å²) in [4.78, 5) is 32.9. The normalized spacial score (nSPS) is 17.2. The molecule has 1 aliphatic rings. The summed E-state index contributed by atoms with van der Waals surface area (Å²) in [6.45, 7) is 1.95. The van der Waals surface area contributed by atoms with Gasteiger partial charge < -0.3 is 10.6 Å². The van der Waals surface area contributed by atoms with Gasteiger partial charge in [-0.2, -0.15) is 0 Å². The molecule has 1 saturated carbocycles. The van der Waals surface area contributed by atoms with Crippen LogP contribution in [0.25, 0.3) is 0 Å². The monoisotopic (exact) mass is 552 g/mol. The standard InChI is InChI=1S/C25H25FN8O2S2/c1-14-5-7-18(27-12-14)10-20(35)29-24-33-31-22(37-24)15-3-2-4-16(9-15)23-32-34-25(38-23)30-21(36)11-19-8-6-17(26)13-28-19/h5-8,12-13,15-16H,2-4,9-11H2,1H3,(H,29,33,35)(H,30,34,36)/t15-,16-/m0/s1. The first-order valence-corrected chi connectivity index (χ1v) is 13.8. The fourth-order valence-corrected chi connectivity index (χ4v) is 6.12. The third kappa shape index (κ3) is 6.78. The molecule has 0 unspecified atom stereocenters. The first-order chi connectivity index (χ1) is 18.4. The zero-order chi connectivity index (χ0) is 26.5. The Labute approximate surface area is 226 Å². The fraction of sp³-hybridized carbons (Fsp3) is 0.360. The van der Waals surface area contributed by atoms with Crippen LogP contribution in [0.15, 0.2) is 36.7 Å². The number of aryl methyl sites for hydroxylation is 1. The van der Waals surface area contributed by atoms with Crippen LogP contribution in [-0.2, 0) is 22.4 Å². The van der Waals surface area contributed by atoms with E-state index in [1.54, 1.807) is 6.20 Å². The van der Waals surface area contributed by atoms with E-state index < -0.39 is 5.82 Å². The van der Waals surface area contributed by atoms with Crippen LogP contribution in [0.5, 0.6) is 0 Å². The molecule has 0 aliphatic heterocycles. The Kier molecular flexibility index (Phi) is 8.03. The van der Waals surface area contributed by atoms with Crippen LogP contribution in [-0.4, -0.2) is 42.2 Å². The summed E-state index contributed by atoms with van der Waals surface area (Å²) in [6.07, 6.45) is 6.85. The highest BCUT2D eigenvalue weighted by Crippen LogP contribution is 2.43. The van der Waals surface area contributed by atoms with E-state index in [-0.39, 0.29) is 36.5 Å². The third-order valence-electron chi connectivity index (χ3n) is 6.19. The predicted molar refractivity (Wildman–Crippen MR) is 142 cm³/mol. The van der Waals surface area contributed by atoms with Crippen LogP contribution < -0.4 is 10.6 Å². The zero-order valence-corrected chi connectivity index (χ0v) is 22.2. The highest BCUT2D eigenvalue weighted by atomic mass is 32.1. The number of nitrogens with one attached hydrogen (secondary N) is 2. The Bertz CT molecular complexity index is 1300. The Morgan fingerprint density at radius 2 is 1.39 bits per heavy atom. The highest BCUT2D eigenvalue weighted by Gasteiger charge is 2.29. The van der Waals surface area contributed by atoms with Gasteiger partial charge in [-0.3, -0.25) is 19.6 Å². The third-order valence-corrected chi connectivity index (χ3v) is 8.19. The molecular formula is C25H25FN8O2S2. The van der Waals surface area contributed by atoms with Gasteiger partial charge in [0.2, 0.25) is 22.1 Å². The minimum atomic E-state index is -0.445. The van der Waals surface area contributed by atoms with E-state index >= 15 is 0 Å². The second-order valence-electron chi connectivity index (χ2n) is 9.20. The molecule has 2 amide bonds. The van der Waals surface area contributed by atoms with Crippen LogP contribution in [0, 0.1) is 12.7 Å². The first kappa shape index (κ1) is 25.9. The molecule has 196 valence electrons. The summed E-state index contributed by atoms with van der Waals surface area (Å²) in [6, 6.07) is 6.53. The van der Waals surface area contributed by atoms with Gasteiger partial charge in [-0.25, -0.2) is 4.39 Å². The van der Waals surface area contributed by atoms with Gasteiger partial charge in [-0.05, 0) is 49.9 Å². The Morgan fingerprint density at radius 3 is 1.89 bits per heavy atom. The van der Waals surface area contributed by atoms with Gasteiger partial charge >= 0.3 is 0 Å². The molecule has 2 N–H and O–H groups in total. The second kappa shape index (κ2) is 11.8. The van der Waals surface area contributed by atoms with Crippen molar-refractivity contribution in [2.24, 2.45) is 0 Å². The van der Waals surface area contributed by atoms with E-state index in [2.05, 4.69) is 41.0 Å². The number of aromatic nitrogens is 6. The van der Waals surface area contributed by atoms with Crippen molar-refractivity contribution in [3.63, 3.8) is 0 Å². The number of nitrogens with zero attached hydrogens (tertiary/aromatic N) is 6. The van der Waals surface area contributed by atoms with Crippen LogP contribution >= 0.6 is 22.7 Å². The average Bonchev–Trinajstić information content (AvgIpc) is 3.57. The summed E-state index contributed by atoms with van der Waals surface area (Å²) in [5.41, 5.74) is 2.22. The molecule has 13 heteroatoms. The molecule has 10 nitrogen and oxygen atoms in total. The number of pyridine rings is 2. The number of carbonyl (C=O) groups excluding carboxylic acids is 2. The van der Waals surface area contributed by atoms with Crippen LogP contribution in [0.1, 0.15) is 64.5 Å². The SMILES string of the molecule is Cc1ccc(CC(=O)Nc2nnc([C@H]3CCC[C@H](c4nnc(NC(=O)Cc5ccc(F)cn5)s4)C3)s2)nc1. The van der Waals surface area contributed by atoms with Gasteiger partial charge in [0.1, 0.15) is 15.8 Å². The van der Waals surface area contributed by atoms with Gasteiger partial charge in [-0.1, -0.05) is 35.2 Å². The maximum absolute atomic E-state index is 13.0. The van der Waals surface area contributed by atoms with Crippen LogP contribution in [0.4, 0.5) is 14.7 Å². The molecule has 0 aromatic carbocycles. The minimum Gasteiger partial charge on any atom is -0.300 e. The lowest BCUT2D eigenvalue weighted by atomic mass is 9.82. The smallest absolute Gasteiger partial charge is 0.232 e. The molecule has 0 saturated heterocycles. The topological polar surface area (TPSA) is 136 Å². The van der Waals surface area contributed by atoms with E-state index in [1.807, 2.05) is 19.1 Å². The number of halogens is 1. The Morgan fingerprint density at radius 1 is 0.842 bits per heavy atom. The number of hydrogen-bond acceptors (Lipinski definition) is 10. The highest BCUT2D eigenvalue weighted by molar-refractivity contribution is 7.15. The molecule has 2 atom stereocenters.